The Morgan fingerprint density at radius 2 is 2.25 bits per heavy atom. The van der Waals surface area contributed by atoms with Crippen LogP contribution in [-0.4, -0.2) is 23.1 Å². The van der Waals surface area contributed by atoms with E-state index in [1.807, 2.05) is 0 Å². The number of nitro benzene ring substituents is 1. The molecule has 0 radical (unpaired) electrons. The molecule has 0 saturated carbocycles. The van der Waals surface area contributed by atoms with Crippen LogP contribution in [0, 0.1) is 10.1 Å². The normalized spacial score (nSPS) is 9.81. The van der Waals surface area contributed by atoms with Gasteiger partial charge in [0.15, 0.2) is 0 Å². The maximum Gasteiger partial charge on any atom is 0.303 e. The summed E-state index contributed by atoms with van der Waals surface area (Å²) >= 11 is 0. The minimum absolute atomic E-state index is 0.0814. The van der Waals surface area contributed by atoms with Gasteiger partial charge in [0.25, 0.3) is 5.69 Å². The van der Waals surface area contributed by atoms with Gasteiger partial charge in [0, 0.05) is 18.1 Å². The third kappa shape index (κ3) is 2.94. The van der Waals surface area contributed by atoms with Crippen LogP contribution in [-0.2, 0) is 11.2 Å². The van der Waals surface area contributed by atoms with Crippen LogP contribution in [0.5, 0.6) is 5.75 Å². The first-order valence-corrected chi connectivity index (χ1v) is 4.57. The van der Waals surface area contributed by atoms with E-state index in [0.29, 0.717) is 11.3 Å². The minimum Gasteiger partial charge on any atom is -0.497 e. The number of aliphatic carboxylic acids is 1. The molecular weight excluding hydrogens is 214 g/mol. The molecule has 0 amide bonds. The molecule has 1 aromatic rings. The first-order chi connectivity index (χ1) is 7.54. The lowest BCUT2D eigenvalue weighted by molar-refractivity contribution is -0.385. The van der Waals surface area contributed by atoms with E-state index in [0.717, 1.165) is 0 Å². The summed E-state index contributed by atoms with van der Waals surface area (Å²) in [6.07, 6.45) is -0.0309. The second kappa shape index (κ2) is 5.11. The van der Waals surface area contributed by atoms with E-state index in [1.54, 1.807) is 0 Å². The minimum atomic E-state index is -0.989. The number of benzene rings is 1. The van der Waals surface area contributed by atoms with Crippen molar-refractivity contribution in [1.29, 1.82) is 0 Å². The fraction of sp³-hybridized carbons (Fsp3) is 0.300. The van der Waals surface area contributed by atoms with E-state index in [2.05, 4.69) is 0 Å². The fourth-order valence-corrected chi connectivity index (χ4v) is 1.31. The number of aryl methyl sites for hydroxylation is 1. The van der Waals surface area contributed by atoms with Crippen molar-refractivity contribution in [3.05, 3.63) is 33.9 Å². The Balaban J connectivity index is 3.00. The van der Waals surface area contributed by atoms with Crippen molar-refractivity contribution in [2.75, 3.05) is 7.11 Å². The molecule has 0 saturated heterocycles. The number of carboxylic acids is 1. The first-order valence-electron chi connectivity index (χ1n) is 4.57. The molecule has 0 aliphatic rings. The Bertz CT molecular complexity index is 416. The van der Waals surface area contributed by atoms with Crippen LogP contribution in [0.25, 0.3) is 0 Å². The SMILES string of the molecule is COc1ccc([N+](=O)[O-])c(CCC(=O)O)c1. The van der Waals surface area contributed by atoms with Gasteiger partial charge >= 0.3 is 5.97 Å². The van der Waals surface area contributed by atoms with Gasteiger partial charge in [0.05, 0.1) is 12.0 Å². The van der Waals surface area contributed by atoms with Gasteiger partial charge in [-0.15, -0.1) is 0 Å². The maximum atomic E-state index is 10.7. The number of carboxylic acid groups (broad SMARTS) is 1. The molecule has 6 nitrogen and oxygen atoms in total. The van der Waals surface area contributed by atoms with Crippen molar-refractivity contribution in [2.24, 2.45) is 0 Å². The van der Waals surface area contributed by atoms with Crippen LogP contribution < -0.4 is 4.74 Å². The lowest BCUT2D eigenvalue weighted by atomic mass is 10.1. The molecule has 6 heteroatoms. The summed E-state index contributed by atoms with van der Waals surface area (Å²) in [6.45, 7) is 0. The van der Waals surface area contributed by atoms with Crippen molar-refractivity contribution >= 4 is 11.7 Å². The van der Waals surface area contributed by atoms with Crippen LogP contribution in [0.2, 0.25) is 0 Å². The molecule has 0 atom stereocenters. The molecule has 1 N–H and O–H groups in total. The van der Waals surface area contributed by atoms with Gasteiger partial charge in [-0.2, -0.15) is 0 Å². The second-order valence-corrected chi connectivity index (χ2v) is 3.15. The molecule has 1 rings (SSSR count). The standard InChI is InChI=1S/C10H11NO5/c1-16-8-3-4-9(11(14)15)7(6-8)2-5-10(12)13/h3-4,6H,2,5H2,1H3,(H,12,13). The third-order valence-corrected chi connectivity index (χ3v) is 2.09. The van der Waals surface area contributed by atoms with Crippen LogP contribution in [0.1, 0.15) is 12.0 Å². The average Bonchev–Trinajstić information content (AvgIpc) is 2.25. The number of hydrogen-bond donors (Lipinski definition) is 1. The number of nitrogens with zero attached hydrogens (tertiary/aromatic N) is 1. The lowest BCUT2D eigenvalue weighted by Gasteiger charge is -2.04. The quantitative estimate of drug-likeness (QED) is 0.607. The van der Waals surface area contributed by atoms with Crippen molar-refractivity contribution < 1.29 is 19.6 Å². The van der Waals surface area contributed by atoms with E-state index in [1.165, 1.54) is 25.3 Å². The molecule has 0 aliphatic heterocycles. The summed E-state index contributed by atoms with van der Waals surface area (Å²) in [7, 11) is 1.45. The summed E-state index contributed by atoms with van der Waals surface area (Å²) in [6, 6.07) is 4.28. The smallest absolute Gasteiger partial charge is 0.303 e. The van der Waals surface area contributed by atoms with Gasteiger partial charge in [0.2, 0.25) is 0 Å². The van der Waals surface area contributed by atoms with Crippen LogP contribution in [0.4, 0.5) is 5.69 Å². The highest BCUT2D eigenvalue weighted by Gasteiger charge is 2.15. The molecule has 16 heavy (non-hydrogen) atoms. The molecule has 1 aromatic carbocycles. The molecule has 86 valence electrons. The van der Waals surface area contributed by atoms with E-state index >= 15 is 0 Å². The van der Waals surface area contributed by atoms with E-state index < -0.39 is 10.9 Å². The van der Waals surface area contributed by atoms with E-state index in [4.69, 9.17) is 9.84 Å². The Hall–Kier alpha value is -2.11. The van der Waals surface area contributed by atoms with Gasteiger partial charge in [-0.25, -0.2) is 0 Å². The molecule has 0 aliphatic carbocycles. The molecule has 0 heterocycles. The monoisotopic (exact) mass is 225 g/mol. The van der Waals surface area contributed by atoms with Crippen molar-refractivity contribution in [2.45, 2.75) is 12.8 Å². The topological polar surface area (TPSA) is 89.7 Å². The van der Waals surface area contributed by atoms with Crippen LogP contribution in [0.3, 0.4) is 0 Å². The lowest BCUT2D eigenvalue weighted by Crippen LogP contribution is -2.01. The number of rotatable bonds is 5. The first kappa shape index (κ1) is 12.0. The third-order valence-electron chi connectivity index (χ3n) is 2.09. The van der Waals surface area contributed by atoms with Gasteiger partial charge in [-0.1, -0.05) is 0 Å². The van der Waals surface area contributed by atoms with E-state index in [-0.39, 0.29) is 18.5 Å². The number of ether oxygens (including phenoxy) is 1. The number of hydrogen-bond acceptors (Lipinski definition) is 4. The van der Waals surface area contributed by atoms with Gasteiger partial charge < -0.3 is 9.84 Å². The van der Waals surface area contributed by atoms with Gasteiger partial charge in [-0.3, -0.25) is 14.9 Å². The van der Waals surface area contributed by atoms with Crippen molar-refractivity contribution in [3.8, 4) is 5.75 Å². The van der Waals surface area contributed by atoms with Crippen molar-refractivity contribution in [1.82, 2.24) is 0 Å². The zero-order chi connectivity index (χ0) is 12.1. The zero-order valence-electron chi connectivity index (χ0n) is 8.67. The molecule has 0 unspecified atom stereocenters. The molecule has 0 fully saturated rings. The average molecular weight is 225 g/mol. The maximum absolute atomic E-state index is 10.7. The Morgan fingerprint density at radius 1 is 1.56 bits per heavy atom. The summed E-state index contributed by atoms with van der Waals surface area (Å²) in [4.78, 5) is 20.6. The number of nitro groups is 1. The number of methoxy groups -OCH3 is 1. The van der Waals surface area contributed by atoms with Gasteiger partial charge in [0.1, 0.15) is 5.75 Å². The molecule has 0 bridgehead atoms. The second-order valence-electron chi connectivity index (χ2n) is 3.15. The largest absolute Gasteiger partial charge is 0.497 e. The predicted molar refractivity (Wildman–Crippen MR) is 55.6 cm³/mol. The van der Waals surface area contributed by atoms with Gasteiger partial charge in [-0.05, 0) is 18.6 Å². The van der Waals surface area contributed by atoms with Crippen LogP contribution >= 0.6 is 0 Å². The molecular formula is C10H11NO5. The number of carbonyl (C=O) groups is 1. The highest BCUT2D eigenvalue weighted by atomic mass is 16.6. The molecule has 0 aromatic heterocycles. The summed E-state index contributed by atoms with van der Waals surface area (Å²) in [5.41, 5.74) is 0.286. The predicted octanol–water partition coefficient (Wildman–Crippen LogP) is 1.62. The van der Waals surface area contributed by atoms with Crippen LogP contribution in [0.15, 0.2) is 18.2 Å². The Labute approximate surface area is 91.6 Å². The Morgan fingerprint density at radius 3 is 2.75 bits per heavy atom. The molecule has 0 spiro atoms. The fourth-order valence-electron chi connectivity index (χ4n) is 1.31. The summed E-state index contributed by atoms with van der Waals surface area (Å²) in [5, 5.41) is 19.2. The van der Waals surface area contributed by atoms with E-state index in [9.17, 15) is 14.9 Å². The highest BCUT2D eigenvalue weighted by molar-refractivity contribution is 5.67. The zero-order valence-corrected chi connectivity index (χ0v) is 8.67. The summed E-state index contributed by atoms with van der Waals surface area (Å²) < 4.78 is 4.93. The van der Waals surface area contributed by atoms with Crippen molar-refractivity contribution in [3.63, 3.8) is 0 Å². The highest BCUT2D eigenvalue weighted by Crippen LogP contribution is 2.24. The summed E-state index contributed by atoms with van der Waals surface area (Å²) in [5.74, 6) is -0.511. The Kier molecular flexibility index (Phi) is 3.82.